The first-order valence-corrected chi connectivity index (χ1v) is 13.0. The third-order valence-corrected chi connectivity index (χ3v) is 7.76. The first kappa shape index (κ1) is 22.7. The summed E-state index contributed by atoms with van der Waals surface area (Å²) < 4.78 is 2.23. The van der Waals surface area contributed by atoms with Crippen molar-refractivity contribution < 1.29 is 4.79 Å². The van der Waals surface area contributed by atoms with E-state index in [0.29, 0.717) is 12.0 Å². The second-order valence-corrected chi connectivity index (χ2v) is 10.1. The molecule has 0 saturated heterocycles. The van der Waals surface area contributed by atoms with Crippen molar-refractivity contribution >= 4 is 28.7 Å². The number of nitrogens with one attached hydrogen (secondary N) is 1. The van der Waals surface area contributed by atoms with E-state index in [4.69, 9.17) is 4.98 Å². The van der Waals surface area contributed by atoms with Gasteiger partial charge in [-0.15, -0.1) is 0 Å². The van der Waals surface area contributed by atoms with Crippen molar-refractivity contribution in [3.63, 3.8) is 0 Å². The van der Waals surface area contributed by atoms with Crippen LogP contribution in [0, 0.1) is 5.92 Å². The molecule has 2 atom stereocenters. The Morgan fingerprint density at radius 1 is 1.03 bits per heavy atom. The Kier molecular flexibility index (Phi) is 6.95. The largest absolute Gasteiger partial charge is 0.349 e. The molecular formula is C28H30N4OS. The smallest absolute Gasteiger partial charge is 0.251 e. The zero-order valence-electron chi connectivity index (χ0n) is 19.5. The lowest BCUT2D eigenvalue weighted by atomic mass is 9.86. The lowest BCUT2D eigenvalue weighted by Gasteiger charge is -2.29. The molecule has 2 heterocycles. The van der Waals surface area contributed by atoms with Crippen molar-refractivity contribution in [3.8, 4) is 0 Å². The summed E-state index contributed by atoms with van der Waals surface area (Å²) in [4.78, 5) is 21.9. The lowest BCUT2D eigenvalue weighted by molar-refractivity contribution is 0.0910. The minimum absolute atomic E-state index is 0.0371. The summed E-state index contributed by atoms with van der Waals surface area (Å²) in [7, 11) is 0. The molecule has 1 fully saturated rings. The predicted molar refractivity (Wildman–Crippen MR) is 138 cm³/mol. The number of amides is 1. The summed E-state index contributed by atoms with van der Waals surface area (Å²) in [6, 6.07) is 20.7. The minimum atomic E-state index is 0.0371. The van der Waals surface area contributed by atoms with Crippen LogP contribution in [0.15, 0.2) is 78.2 Å². The van der Waals surface area contributed by atoms with Gasteiger partial charge in [0.2, 0.25) is 0 Å². The number of imidazole rings is 1. The molecule has 34 heavy (non-hydrogen) atoms. The van der Waals surface area contributed by atoms with Gasteiger partial charge in [-0.25, -0.2) is 4.98 Å². The number of thioether (sulfide) groups is 1. The van der Waals surface area contributed by atoms with Gasteiger partial charge in [0.05, 0.1) is 23.8 Å². The van der Waals surface area contributed by atoms with Gasteiger partial charge in [-0.1, -0.05) is 74.0 Å². The second kappa shape index (κ2) is 10.4. The number of hydrogen-bond acceptors (Lipinski definition) is 4. The SMILES string of the molecule is C[C@@H]1CCCC[C@H]1NC(=O)c1ccc(CSc2nc3ccncc3n2Cc2ccccc2)cc1. The first-order chi connectivity index (χ1) is 16.7. The maximum Gasteiger partial charge on any atom is 0.251 e. The summed E-state index contributed by atoms with van der Waals surface area (Å²) in [6.07, 6.45) is 8.43. The number of fused-ring (bicyclic) bond motifs is 1. The van der Waals surface area contributed by atoms with Gasteiger partial charge in [0.15, 0.2) is 5.16 Å². The number of nitrogens with zero attached hydrogens (tertiary/aromatic N) is 3. The van der Waals surface area contributed by atoms with Gasteiger partial charge in [-0.3, -0.25) is 9.78 Å². The standard InChI is InChI=1S/C28H30N4OS/c1-20-7-5-6-10-24(20)30-27(33)23-13-11-22(12-14-23)19-34-28-31-25-15-16-29-17-26(25)32(28)18-21-8-3-2-4-9-21/h2-4,8-9,11-17,20,24H,5-7,10,18-19H2,1H3,(H,30,33)/t20-,24-/m1/s1. The Morgan fingerprint density at radius 2 is 1.82 bits per heavy atom. The van der Waals surface area contributed by atoms with Gasteiger partial charge in [0, 0.05) is 23.6 Å². The van der Waals surface area contributed by atoms with Crippen LogP contribution in [0.5, 0.6) is 0 Å². The van der Waals surface area contributed by atoms with Crippen molar-refractivity contribution in [2.24, 2.45) is 5.92 Å². The maximum atomic E-state index is 12.7. The molecule has 4 aromatic rings. The third kappa shape index (κ3) is 5.17. The number of hydrogen-bond donors (Lipinski definition) is 1. The molecule has 0 bridgehead atoms. The molecule has 5 nitrogen and oxygen atoms in total. The molecule has 1 saturated carbocycles. The van der Waals surface area contributed by atoms with E-state index in [-0.39, 0.29) is 5.91 Å². The van der Waals surface area contributed by atoms with Crippen LogP contribution < -0.4 is 5.32 Å². The molecule has 174 valence electrons. The van der Waals surface area contributed by atoms with Crippen LogP contribution >= 0.6 is 11.8 Å². The van der Waals surface area contributed by atoms with Crippen molar-refractivity contribution in [3.05, 3.63) is 89.7 Å². The highest BCUT2D eigenvalue weighted by atomic mass is 32.2. The lowest BCUT2D eigenvalue weighted by Crippen LogP contribution is -2.41. The van der Waals surface area contributed by atoms with Gasteiger partial charge in [0.1, 0.15) is 0 Å². The van der Waals surface area contributed by atoms with E-state index in [1.165, 1.54) is 30.4 Å². The van der Waals surface area contributed by atoms with Crippen LogP contribution in [-0.2, 0) is 12.3 Å². The summed E-state index contributed by atoms with van der Waals surface area (Å²) in [6.45, 7) is 3.00. The molecular weight excluding hydrogens is 440 g/mol. The molecule has 0 spiro atoms. The van der Waals surface area contributed by atoms with Gasteiger partial charge in [-0.05, 0) is 48.1 Å². The fourth-order valence-electron chi connectivity index (χ4n) is 4.66. The molecule has 0 radical (unpaired) electrons. The zero-order chi connectivity index (χ0) is 23.3. The van der Waals surface area contributed by atoms with Crippen LogP contribution in [0.4, 0.5) is 0 Å². The highest BCUT2D eigenvalue weighted by molar-refractivity contribution is 7.98. The summed E-state index contributed by atoms with van der Waals surface area (Å²) >= 11 is 1.71. The molecule has 5 rings (SSSR count). The quantitative estimate of drug-likeness (QED) is 0.333. The molecule has 1 aliphatic carbocycles. The average molecular weight is 471 g/mol. The summed E-state index contributed by atoms with van der Waals surface area (Å²) in [5, 5.41) is 4.22. The van der Waals surface area contributed by atoms with Crippen LogP contribution in [0.1, 0.15) is 54.1 Å². The first-order valence-electron chi connectivity index (χ1n) is 12.0. The number of benzene rings is 2. The number of carbonyl (C=O) groups is 1. The van der Waals surface area contributed by atoms with Gasteiger partial charge >= 0.3 is 0 Å². The number of carbonyl (C=O) groups excluding carboxylic acids is 1. The van der Waals surface area contributed by atoms with Crippen molar-refractivity contribution in [1.29, 1.82) is 0 Å². The number of pyridine rings is 1. The molecule has 1 N–H and O–H groups in total. The van der Waals surface area contributed by atoms with E-state index >= 15 is 0 Å². The van der Waals surface area contributed by atoms with E-state index < -0.39 is 0 Å². The predicted octanol–water partition coefficient (Wildman–Crippen LogP) is 6.08. The van der Waals surface area contributed by atoms with E-state index in [2.05, 4.69) is 58.2 Å². The minimum Gasteiger partial charge on any atom is -0.349 e. The summed E-state index contributed by atoms with van der Waals surface area (Å²) in [5.74, 6) is 1.38. The zero-order valence-corrected chi connectivity index (χ0v) is 20.3. The van der Waals surface area contributed by atoms with Crippen molar-refractivity contribution in [2.75, 3.05) is 0 Å². The molecule has 1 aliphatic rings. The van der Waals surface area contributed by atoms with E-state index in [9.17, 15) is 4.79 Å². The Bertz CT molecular complexity index is 1250. The Labute approximate surface area is 205 Å². The maximum absolute atomic E-state index is 12.7. The number of rotatable bonds is 7. The van der Waals surface area contributed by atoms with Crippen molar-refractivity contribution in [1.82, 2.24) is 19.9 Å². The summed E-state index contributed by atoms with van der Waals surface area (Å²) in [5.41, 5.74) is 5.13. The molecule has 2 aromatic carbocycles. The Balaban J connectivity index is 1.27. The van der Waals surface area contributed by atoms with Gasteiger partial charge < -0.3 is 9.88 Å². The Hall–Kier alpha value is -3.12. The molecule has 0 unspecified atom stereocenters. The molecule has 1 amide bonds. The van der Waals surface area contributed by atoms with Crippen LogP contribution in [0.3, 0.4) is 0 Å². The average Bonchev–Trinajstić information content (AvgIpc) is 3.22. The van der Waals surface area contributed by atoms with E-state index in [1.54, 1.807) is 18.0 Å². The van der Waals surface area contributed by atoms with Gasteiger partial charge in [0.25, 0.3) is 5.91 Å². The second-order valence-electron chi connectivity index (χ2n) is 9.16. The van der Waals surface area contributed by atoms with E-state index in [1.807, 2.05) is 30.5 Å². The molecule has 2 aromatic heterocycles. The van der Waals surface area contributed by atoms with Crippen LogP contribution in [0.25, 0.3) is 11.0 Å². The monoisotopic (exact) mass is 470 g/mol. The van der Waals surface area contributed by atoms with Gasteiger partial charge in [-0.2, -0.15) is 0 Å². The topological polar surface area (TPSA) is 59.8 Å². The van der Waals surface area contributed by atoms with Crippen molar-refractivity contribution in [2.45, 2.75) is 56.1 Å². The number of aromatic nitrogens is 3. The highest BCUT2D eigenvalue weighted by Crippen LogP contribution is 2.28. The molecule has 0 aliphatic heterocycles. The fraction of sp³-hybridized carbons (Fsp3) is 0.321. The normalized spacial score (nSPS) is 18.1. The molecule has 6 heteroatoms. The van der Waals surface area contributed by atoms with Crippen LogP contribution in [-0.4, -0.2) is 26.5 Å². The van der Waals surface area contributed by atoms with Crippen LogP contribution in [0.2, 0.25) is 0 Å². The third-order valence-electron chi connectivity index (χ3n) is 6.71. The highest BCUT2D eigenvalue weighted by Gasteiger charge is 2.23. The van der Waals surface area contributed by atoms with E-state index in [0.717, 1.165) is 40.5 Å². The fourth-order valence-corrected chi connectivity index (χ4v) is 5.63. The Morgan fingerprint density at radius 3 is 2.62 bits per heavy atom.